The fourth-order valence-corrected chi connectivity index (χ4v) is 1.60. The van der Waals surface area contributed by atoms with Crippen LogP contribution in [0.2, 0.25) is 0 Å². The predicted octanol–water partition coefficient (Wildman–Crippen LogP) is 1.69. The van der Waals surface area contributed by atoms with Crippen LogP contribution in [0, 0.1) is 0 Å². The maximum absolute atomic E-state index is 11.8. The van der Waals surface area contributed by atoms with Gasteiger partial charge in [-0.2, -0.15) is 0 Å². The van der Waals surface area contributed by atoms with Crippen LogP contribution in [-0.2, 0) is 11.3 Å². The number of pyridine rings is 1. The zero-order valence-corrected chi connectivity index (χ0v) is 11.8. The molecule has 0 unspecified atom stereocenters. The highest BCUT2D eigenvalue weighted by molar-refractivity contribution is 5.92. The smallest absolute Gasteiger partial charge is 0.345 e. The van der Waals surface area contributed by atoms with E-state index in [1.54, 1.807) is 25.3 Å². The van der Waals surface area contributed by atoms with Crippen molar-refractivity contribution in [2.24, 2.45) is 0 Å². The monoisotopic (exact) mass is 289 g/mol. The second-order valence-corrected chi connectivity index (χ2v) is 4.14. The summed E-state index contributed by atoms with van der Waals surface area (Å²) in [5, 5.41) is 3.94. The van der Waals surface area contributed by atoms with Crippen LogP contribution < -0.4 is 4.74 Å². The van der Waals surface area contributed by atoms with Crippen LogP contribution in [0.5, 0.6) is 5.88 Å². The highest BCUT2D eigenvalue weighted by atomic mass is 16.5. The van der Waals surface area contributed by atoms with Gasteiger partial charge in [0, 0.05) is 13.1 Å². The third-order valence-electron chi connectivity index (χ3n) is 2.58. The lowest BCUT2D eigenvalue weighted by molar-refractivity contribution is 0.0521. The van der Waals surface area contributed by atoms with Gasteiger partial charge < -0.3 is 9.47 Å². The standard InChI is InChI=1S/C14H15N3O4/c1-3-20-14(19)12-8-17(10(2)18)16-13(12)21-9-11-6-4-5-7-15-11/h4-8H,3,9H2,1-2H3. The minimum Gasteiger partial charge on any atom is -0.469 e. The van der Waals surface area contributed by atoms with E-state index in [0.717, 1.165) is 4.68 Å². The Morgan fingerprint density at radius 2 is 2.14 bits per heavy atom. The average Bonchev–Trinajstić information content (AvgIpc) is 2.91. The molecule has 2 aromatic heterocycles. The summed E-state index contributed by atoms with van der Waals surface area (Å²) in [6.45, 7) is 3.40. The summed E-state index contributed by atoms with van der Waals surface area (Å²) in [5.74, 6) is -0.858. The second-order valence-electron chi connectivity index (χ2n) is 4.14. The lowest BCUT2D eigenvalue weighted by Gasteiger charge is -2.04. The number of esters is 1. The molecule has 7 heteroatoms. The molecule has 0 saturated carbocycles. The fraction of sp³-hybridized carbons (Fsp3) is 0.286. The highest BCUT2D eigenvalue weighted by Gasteiger charge is 2.20. The first-order valence-electron chi connectivity index (χ1n) is 6.42. The number of ether oxygens (including phenoxy) is 2. The van der Waals surface area contributed by atoms with Crippen LogP contribution in [0.3, 0.4) is 0 Å². The zero-order chi connectivity index (χ0) is 15.2. The molecule has 7 nitrogen and oxygen atoms in total. The summed E-state index contributed by atoms with van der Waals surface area (Å²) in [4.78, 5) is 27.3. The lowest BCUT2D eigenvalue weighted by atomic mass is 10.3. The molecule has 0 aromatic carbocycles. The second kappa shape index (κ2) is 6.65. The number of carbonyl (C=O) groups is 2. The van der Waals surface area contributed by atoms with Crippen molar-refractivity contribution in [2.45, 2.75) is 20.5 Å². The van der Waals surface area contributed by atoms with E-state index in [0.29, 0.717) is 5.69 Å². The Morgan fingerprint density at radius 1 is 1.33 bits per heavy atom. The topological polar surface area (TPSA) is 83.3 Å². The van der Waals surface area contributed by atoms with Gasteiger partial charge in [0.1, 0.15) is 12.2 Å². The Morgan fingerprint density at radius 3 is 2.76 bits per heavy atom. The average molecular weight is 289 g/mol. The zero-order valence-electron chi connectivity index (χ0n) is 11.8. The first-order valence-corrected chi connectivity index (χ1v) is 6.42. The summed E-state index contributed by atoms with van der Waals surface area (Å²) < 4.78 is 11.4. The predicted molar refractivity (Wildman–Crippen MR) is 73.1 cm³/mol. The quantitative estimate of drug-likeness (QED) is 0.779. The van der Waals surface area contributed by atoms with Gasteiger partial charge in [0.05, 0.1) is 18.5 Å². The van der Waals surface area contributed by atoms with Crippen molar-refractivity contribution in [2.75, 3.05) is 6.61 Å². The van der Waals surface area contributed by atoms with Crippen LogP contribution in [0.25, 0.3) is 0 Å². The first kappa shape index (κ1) is 14.7. The van der Waals surface area contributed by atoms with Gasteiger partial charge in [-0.1, -0.05) is 6.07 Å². The molecule has 0 spiro atoms. The van der Waals surface area contributed by atoms with Gasteiger partial charge in [-0.15, -0.1) is 5.10 Å². The van der Waals surface area contributed by atoms with Crippen molar-refractivity contribution >= 4 is 11.9 Å². The van der Waals surface area contributed by atoms with Crippen molar-refractivity contribution in [3.8, 4) is 5.88 Å². The Hall–Kier alpha value is -2.70. The van der Waals surface area contributed by atoms with E-state index in [-0.39, 0.29) is 30.6 Å². The summed E-state index contributed by atoms with van der Waals surface area (Å²) in [5.41, 5.74) is 0.799. The fourth-order valence-electron chi connectivity index (χ4n) is 1.60. The van der Waals surface area contributed by atoms with E-state index < -0.39 is 5.97 Å². The molecule has 2 rings (SSSR count). The molecule has 0 N–H and O–H groups in total. The Bertz CT molecular complexity index is 637. The van der Waals surface area contributed by atoms with Crippen molar-refractivity contribution in [1.29, 1.82) is 0 Å². The molecule has 0 aliphatic heterocycles. The molecular formula is C14H15N3O4. The normalized spacial score (nSPS) is 10.2. The largest absolute Gasteiger partial charge is 0.469 e. The molecule has 2 aromatic rings. The van der Waals surface area contributed by atoms with Gasteiger partial charge in [-0.3, -0.25) is 9.78 Å². The molecule has 0 bridgehead atoms. The molecule has 110 valence electrons. The van der Waals surface area contributed by atoms with Gasteiger partial charge in [0.2, 0.25) is 11.8 Å². The summed E-state index contributed by atoms with van der Waals surface area (Å²) in [6, 6.07) is 5.40. The van der Waals surface area contributed by atoms with Gasteiger partial charge in [-0.25, -0.2) is 9.48 Å². The third kappa shape index (κ3) is 3.65. The molecule has 0 radical (unpaired) electrons. The van der Waals surface area contributed by atoms with Gasteiger partial charge in [0.15, 0.2) is 0 Å². The summed E-state index contributed by atoms with van der Waals surface area (Å²) >= 11 is 0. The molecular weight excluding hydrogens is 274 g/mol. The van der Waals surface area contributed by atoms with E-state index in [4.69, 9.17) is 9.47 Å². The maximum atomic E-state index is 11.8. The summed E-state index contributed by atoms with van der Waals surface area (Å²) in [7, 11) is 0. The molecule has 0 atom stereocenters. The third-order valence-corrected chi connectivity index (χ3v) is 2.58. The molecule has 0 amide bonds. The van der Waals surface area contributed by atoms with Gasteiger partial charge >= 0.3 is 5.97 Å². The number of carbonyl (C=O) groups excluding carboxylic acids is 2. The van der Waals surface area contributed by atoms with E-state index in [9.17, 15) is 9.59 Å². The number of nitrogens with zero attached hydrogens (tertiary/aromatic N) is 3. The number of rotatable bonds is 5. The van der Waals surface area contributed by atoms with Crippen LogP contribution in [-0.4, -0.2) is 33.2 Å². The summed E-state index contributed by atoms with van der Waals surface area (Å²) in [6.07, 6.45) is 2.94. The van der Waals surface area contributed by atoms with Crippen molar-refractivity contribution in [3.05, 3.63) is 41.9 Å². The van der Waals surface area contributed by atoms with Crippen molar-refractivity contribution in [1.82, 2.24) is 14.8 Å². The SMILES string of the molecule is CCOC(=O)c1cn(C(C)=O)nc1OCc1ccccn1. The minimum absolute atomic E-state index is 0.0503. The Labute approximate surface area is 121 Å². The Kier molecular flexibility index (Phi) is 4.65. The molecule has 0 aliphatic carbocycles. The van der Waals surface area contributed by atoms with E-state index in [1.807, 2.05) is 6.07 Å². The van der Waals surface area contributed by atoms with Gasteiger partial charge in [-0.05, 0) is 19.1 Å². The van der Waals surface area contributed by atoms with Crippen LogP contribution in [0.4, 0.5) is 0 Å². The number of aromatic nitrogens is 3. The van der Waals surface area contributed by atoms with E-state index >= 15 is 0 Å². The van der Waals surface area contributed by atoms with Crippen molar-refractivity contribution in [3.63, 3.8) is 0 Å². The molecule has 2 heterocycles. The maximum Gasteiger partial charge on any atom is 0.345 e. The first-order chi connectivity index (χ1) is 10.1. The molecule has 0 saturated heterocycles. The minimum atomic E-state index is -0.582. The van der Waals surface area contributed by atoms with Gasteiger partial charge in [0.25, 0.3) is 0 Å². The Balaban J connectivity index is 2.20. The van der Waals surface area contributed by atoms with E-state index in [2.05, 4.69) is 10.1 Å². The molecule has 0 aliphatic rings. The molecule has 21 heavy (non-hydrogen) atoms. The van der Waals surface area contributed by atoms with E-state index in [1.165, 1.54) is 13.1 Å². The lowest BCUT2D eigenvalue weighted by Crippen LogP contribution is -2.07. The van der Waals surface area contributed by atoms with Crippen LogP contribution in [0.15, 0.2) is 30.6 Å². The van der Waals surface area contributed by atoms with Crippen LogP contribution >= 0.6 is 0 Å². The molecule has 0 fully saturated rings. The number of hydrogen-bond acceptors (Lipinski definition) is 6. The van der Waals surface area contributed by atoms with Crippen molar-refractivity contribution < 1.29 is 19.1 Å². The number of hydrogen-bond donors (Lipinski definition) is 0. The highest BCUT2D eigenvalue weighted by Crippen LogP contribution is 2.18. The van der Waals surface area contributed by atoms with Crippen LogP contribution in [0.1, 0.15) is 34.7 Å².